The van der Waals surface area contributed by atoms with E-state index in [1.807, 2.05) is 0 Å². The van der Waals surface area contributed by atoms with Crippen molar-refractivity contribution in [1.82, 2.24) is 10.2 Å². The zero-order valence-electron chi connectivity index (χ0n) is 22.0. The molecule has 0 aromatic heterocycles. The van der Waals surface area contributed by atoms with Crippen molar-refractivity contribution in [3.8, 4) is 11.5 Å². The van der Waals surface area contributed by atoms with E-state index >= 15 is 0 Å². The van der Waals surface area contributed by atoms with Crippen LogP contribution in [0, 0.1) is 0 Å². The molecule has 0 fully saturated rings. The zero-order valence-corrected chi connectivity index (χ0v) is 24.3. The molecule has 0 radical (unpaired) electrons. The molecular weight excluding hydrogens is 577 g/mol. The first kappa shape index (κ1) is 29.5. The molecule has 1 N–H and O–H groups in total. The van der Waals surface area contributed by atoms with Gasteiger partial charge in [0.2, 0.25) is 11.8 Å². The summed E-state index contributed by atoms with van der Waals surface area (Å²) in [5.41, 5.74) is 0.762. The second-order valence-corrected chi connectivity index (χ2v) is 11.7. The highest BCUT2D eigenvalue weighted by molar-refractivity contribution is 7.92. The highest BCUT2D eigenvalue weighted by Crippen LogP contribution is 2.36. The molecule has 0 saturated heterocycles. The van der Waals surface area contributed by atoms with Crippen molar-refractivity contribution in [2.75, 3.05) is 31.1 Å². The lowest BCUT2D eigenvalue weighted by atomic mass is 10.1. The number of fused-ring (bicyclic) bond motifs is 1. The first-order valence-corrected chi connectivity index (χ1v) is 14.8. The molecule has 0 saturated carbocycles. The van der Waals surface area contributed by atoms with E-state index in [1.165, 1.54) is 30.1 Å². The third-order valence-corrected chi connectivity index (χ3v) is 8.79. The van der Waals surface area contributed by atoms with Crippen LogP contribution in [0.3, 0.4) is 0 Å². The van der Waals surface area contributed by atoms with Gasteiger partial charge in [-0.3, -0.25) is 13.9 Å². The normalized spacial score (nSPS) is 13.3. The number of ether oxygens (including phenoxy) is 2. The van der Waals surface area contributed by atoms with Crippen LogP contribution >= 0.6 is 23.2 Å². The van der Waals surface area contributed by atoms with Crippen LogP contribution in [-0.4, -0.2) is 58.0 Å². The number of amides is 2. The van der Waals surface area contributed by atoms with E-state index in [0.717, 1.165) is 4.31 Å². The minimum atomic E-state index is -4.21. The smallest absolute Gasteiger partial charge is 0.264 e. The second-order valence-electron chi connectivity index (χ2n) is 8.95. The summed E-state index contributed by atoms with van der Waals surface area (Å²) in [6, 6.07) is 16.5. The fourth-order valence-corrected chi connectivity index (χ4v) is 6.25. The summed E-state index contributed by atoms with van der Waals surface area (Å²) in [6.45, 7) is 1.82. The maximum atomic E-state index is 14.0. The number of likely N-dealkylation sites (N-methyl/N-ethyl adjacent to an activating group) is 1. The van der Waals surface area contributed by atoms with Crippen LogP contribution < -0.4 is 19.1 Å². The molecule has 3 aromatic carbocycles. The molecule has 0 bridgehead atoms. The summed E-state index contributed by atoms with van der Waals surface area (Å²) in [5, 5.41) is 3.32. The van der Waals surface area contributed by atoms with Crippen molar-refractivity contribution >= 4 is 50.7 Å². The van der Waals surface area contributed by atoms with Crippen LogP contribution in [0.1, 0.15) is 18.9 Å². The molecule has 1 heterocycles. The summed E-state index contributed by atoms with van der Waals surface area (Å²) in [7, 11) is -2.73. The third-order valence-electron chi connectivity index (χ3n) is 6.41. The molecule has 1 aliphatic heterocycles. The van der Waals surface area contributed by atoms with Crippen molar-refractivity contribution in [1.29, 1.82) is 0 Å². The average Bonchev–Trinajstić information content (AvgIpc) is 2.96. The van der Waals surface area contributed by atoms with Gasteiger partial charge in [-0.25, -0.2) is 8.42 Å². The topological polar surface area (TPSA) is 105 Å². The van der Waals surface area contributed by atoms with E-state index in [0.29, 0.717) is 40.3 Å². The van der Waals surface area contributed by atoms with Gasteiger partial charge >= 0.3 is 0 Å². The van der Waals surface area contributed by atoms with Gasteiger partial charge in [0.15, 0.2) is 11.5 Å². The Morgan fingerprint density at radius 2 is 1.68 bits per heavy atom. The van der Waals surface area contributed by atoms with Crippen molar-refractivity contribution in [2.24, 2.45) is 0 Å². The predicted molar refractivity (Wildman–Crippen MR) is 154 cm³/mol. The number of halogens is 2. The summed E-state index contributed by atoms with van der Waals surface area (Å²) in [6.07, 6.45) is 0.284. The Morgan fingerprint density at radius 3 is 2.33 bits per heavy atom. The van der Waals surface area contributed by atoms with Crippen LogP contribution in [0.5, 0.6) is 11.5 Å². The Bertz CT molecular complexity index is 1490. The van der Waals surface area contributed by atoms with Crippen molar-refractivity contribution in [3.05, 3.63) is 82.3 Å². The number of sulfonamides is 1. The number of carbonyl (C=O) groups is 2. The molecule has 9 nitrogen and oxygen atoms in total. The zero-order chi connectivity index (χ0) is 28.9. The van der Waals surface area contributed by atoms with Gasteiger partial charge in [-0.05, 0) is 48.4 Å². The lowest BCUT2D eigenvalue weighted by Crippen LogP contribution is -2.51. The van der Waals surface area contributed by atoms with E-state index < -0.39 is 34.4 Å². The standard InChI is InChI=1S/C28H29Cl2N3O6S/c1-3-24(28(35)31-2)32(17-19-9-10-20(29)15-23(19)30)27(34)18-33(40(36,37)22-7-5-4-6-8-22)21-11-12-25-26(16-21)39-14-13-38-25/h4-12,15-16,24H,3,13-14,17-18H2,1-2H3,(H,31,35)/t24-/m0/s1. The monoisotopic (exact) mass is 605 g/mol. The average molecular weight is 607 g/mol. The van der Waals surface area contributed by atoms with Gasteiger partial charge in [0, 0.05) is 29.7 Å². The van der Waals surface area contributed by atoms with Crippen molar-refractivity contribution in [3.63, 3.8) is 0 Å². The van der Waals surface area contributed by atoms with Crippen molar-refractivity contribution in [2.45, 2.75) is 30.8 Å². The number of anilines is 1. The Labute approximate surface area is 243 Å². The fourth-order valence-electron chi connectivity index (χ4n) is 4.36. The van der Waals surface area contributed by atoms with E-state index in [-0.39, 0.29) is 23.5 Å². The predicted octanol–water partition coefficient (Wildman–Crippen LogP) is 4.51. The Kier molecular flexibility index (Phi) is 9.44. The highest BCUT2D eigenvalue weighted by atomic mass is 35.5. The summed E-state index contributed by atoms with van der Waals surface area (Å²) in [5.74, 6) is -0.150. The Morgan fingerprint density at radius 1 is 0.975 bits per heavy atom. The fraction of sp³-hybridized carbons (Fsp3) is 0.286. The van der Waals surface area contributed by atoms with Gasteiger partial charge < -0.3 is 19.7 Å². The number of carbonyl (C=O) groups excluding carboxylic acids is 2. The van der Waals surface area contributed by atoms with E-state index in [1.54, 1.807) is 55.5 Å². The number of hydrogen-bond donors (Lipinski definition) is 1. The summed E-state index contributed by atoms with van der Waals surface area (Å²) < 4.78 is 40.1. The minimum Gasteiger partial charge on any atom is -0.486 e. The van der Waals surface area contributed by atoms with Gasteiger partial charge in [0.05, 0.1) is 10.6 Å². The maximum absolute atomic E-state index is 14.0. The molecule has 0 unspecified atom stereocenters. The highest BCUT2D eigenvalue weighted by Gasteiger charge is 2.34. The van der Waals surface area contributed by atoms with Gasteiger partial charge in [-0.2, -0.15) is 0 Å². The van der Waals surface area contributed by atoms with Crippen LogP contribution in [0.4, 0.5) is 5.69 Å². The first-order chi connectivity index (χ1) is 19.1. The molecule has 0 spiro atoms. The summed E-state index contributed by atoms with van der Waals surface area (Å²) >= 11 is 12.5. The largest absolute Gasteiger partial charge is 0.486 e. The molecule has 1 aliphatic rings. The number of nitrogens with one attached hydrogen (secondary N) is 1. The molecule has 2 amide bonds. The number of benzene rings is 3. The van der Waals surface area contributed by atoms with Crippen molar-refractivity contribution < 1.29 is 27.5 Å². The minimum absolute atomic E-state index is 0.00308. The van der Waals surface area contributed by atoms with Gasteiger partial charge in [0.1, 0.15) is 25.8 Å². The van der Waals surface area contributed by atoms with E-state index in [9.17, 15) is 18.0 Å². The quantitative estimate of drug-likeness (QED) is 0.364. The molecular formula is C28H29Cl2N3O6S. The number of rotatable bonds is 10. The van der Waals surface area contributed by atoms with Gasteiger partial charge in [0.25, 0.3) is 10.0 Å². The third kappa shape index (κ3) is 6.46. The molecule has 12 heteroatoms. The van der Waals surface area contributed by atoms with Crippen LogP contribution in [0.2, 0.25) is 10.0 Å². The van der Waals surface area contributed by atoms with Crippen LogP contribution in [-0.2, 0) is 26.2 Å². The lowest BCUT2D eigenvalue weighted by molar-refractivity contribution is -0.140. The second kappa shape index (κ2) is 12.8. The SMILES string of the molecule is CC[C@@H](C(=O)NC)N(Cc1ccc(Cl)cc1Cl)C(=O)CN(c1ccc2c(c1)OCCO2)S(=O)(=O)c1ccccc1. The lowest BCUT2D eigenvalue weighted by Gasteiger charge is -2.33. The van der Waals surface area contributed by atoms with Crippen LogP contribution in [0.25, 0.3) is 0 Å². The molecule has 1 atom stereocenters. The van der Waals surface area contributed by atoms with Gasteiger partial charge in [-0.15, -0.1) is 0 Å². The van der Waals surface area contributed by atoms with Crippen LogP contribution in [0.15, 0.2) is 71.6 Å². The Balaban J connectivity index is 1.77. The maximum Gasteiger partial charge on any atom is 0.264 e. The summed E-state index contributed by atoms with van der Waals surface area (Å²) in [4.78, 5) is 28.2. The van der Waals surface area contributed by atoms with E-state index in [2.05, 4.69) is 5.32 Å². The molecule has 3 aromatic rings. The van der Waals surface area contributed by atoms with Gasteiger partial charge in [-0.1, -0.05) is 54.4 Å². The molecule has 212 valence electrons. The Hall–Kier alpha value is -3.47. The molecule has 4 rings (SSSR count). The number of hydrogen-bond acceptors (Lipinski definition) is 6. The number of nitrogens with zero attached hydrogens (tertiary/aromatic N) is 2. The molecule has 40 heavy (non-hydrogen) atoms. The molecule has 0 aliphatic carbocycles. The first-order valence-electron chi connectivity index (χ1n) is 12.6. The van der Waals surface area contributed by atoms with E-state index in [4.69, 9.17) is 32.7 Å².